The van der Waals surface area contributed by atoms with Crippen LogP contribution in [0.4, 0.5) is 5.69 Å². The highest BCUT2D eigenvalue weighted by Gasteiger charge is 2.10. The number of thioether (sulfide) groups is 1. The summed E-state index contributed by atoms with van der Waals surface area (Å²) in [4.78, 5) is 12.4. The van der Waals surface area contributed by atoms with Crippen LogP contribution in [0.15, 0.2) is 47.5 Å². The summed E-state index contributed by atoms with van der Waals surface area (Å²) in [6.07, 6.45) is 0. The predicted molar refractivity (Wildman–Crippen MR) is 117 cm³/mol. The molecule has 0 saturated heterocycles. The lowest BCUT2D eigenvalue weighted by Crippen LogP contribution is -2.16. The lowest BCUT2D eigenvalue weighted by molar-refractivity contribution is -0.113. The van der Waals surface area contributed by atoms with E-state index in [0.717, 1.165) is 33.1 Å². The number of anilines is 1. The SMILES string of the molecule is Cc1cc(C)c(NC(=O)CSc2ccc(-c3cc(C)ccc3C)nn2)c(C)c1. The number of carbonyl (C=O) groups excluding carboxylic acids is 1. The molecular formula is C23H25N3OS. The molecule has 0 aliphatic heterocycles. The molecule has 2 aromatic carbocycles. The van der Waals surface area contributed by atoms with Gasteiger partial charge in [-0.1, -0.05) is 47.2 Å². The van der Waals surface area contributed by atoms with Gasteiger partial charge in [0, 0.05) is 11.3 Å². The van der Waals surface area contributed by atoms with E-state index < -0.39 is 0 Å². The van der Waals surface area contributed by atoms with Crippen molar-refractivity contribution in [1.82, 2.24) is 10.2 Å². The number of hydrogen-bond acceptors (Lipinski definition) is 4. The molecule has 144 valence electrons. The number of nitrogens with zero attached hydrogens (tertiary/aromatic N) is 2. The summed E-state index contributed by atoms with van der Waals surface area (Å²) < 4.78 is 0. The Morgan fingerprint density at radius 2 is 1.57 bits per heavy atom. The third-order valence-electron chi connectivity index (χ3n) is 4.60. The first-order valence-corrected chi connectivity index (χ1v) is 10.2. The number of benzene rings is 2. The summed E-state index contributed by atoms with van der Waals surface area (Å²) in [6, 6.07) is 14.3. The molecule has 1 aromatic heterocycles. The average Bonchev–Trinajstić information content (AvgIpc) is 2.65. The fourth-order valence-corrected chi connectivity index (χ4v) is 3.86. The van der Waals surface area contributed by atoms with Gasteiger partial charge in [0.2, 0.25) is 5.91 Å². The van der Waals surface area contributed by atoms with E-state index in [1.54, 1.807) is 0 Å². The zero-order valence-electron chi connectivity index (χ0n) is 17.0. The maximum Gasteiger partial charge on any atom is 0.234 e. The van der Waals surface area contributed by atoms with Crippen LogP contribution in [0, 0.1) is 34.6 Å². The fraction of sp³-hybridized carbons (Fsp3) is 0.261. The molecule has 0 bridgehead atoms. The summed E-state index contributed by atoms with van der Waals surface area (Å²) >= 11 is 1.39. The average molecular weight is 392 g/mol. The van der Waals surface area contributed by atoms with Gasteiger partial charge in [0.05, 0.1) is 11.4 Å². The second kappa shape index (κ2) is 8.57. The van der Waals surface area contributed by atoms with Gasteiger partial charge in [0.25, 0.3) is 0 Å². The van der Waals surface area contributed by atoms with Crippen molar-refractivity contribution in [2.24, 2.45) is 0 Å². The summed E-state index contributed by atoms with van der Waals surface area (Å²) in [5.41, 5.74) is 8.55. The molecule has 3 rings (SSSR count). The molecule has 0 spiro atoms. The first-order chi connectivity index (χ1) is 13.3. The first-order valence-electron chi connectivity index (χ1n) is 9.25. The van der Waals surface area contributed by atoms with Gasteiger partial charge in [-0.25, -0.2) is 0 Å². The van der Waals surface area contributed by atoms with Crippen molar-refractivity contribution in [3.8, 4) is 11.3 Å². The number of hydrogen-bond donors (Lipinski definition) is 1. The van der Waals surface area contributed by atoms with Crippen LogP contribution in [0.25, 0.3) is 11.3 Å². The van der Waals surface area contributed by atoms with E-state index in [2.05, 4.69) is 66.6 Å². The van der Waals surface area contributed by atoms with Crippen LogP contribution in [-0.2, 0) is 4.79 Å². The van der Waals surface area contributed by atoms with Crippen molar-refractivity contribution >= 4 is 23.4 Å². The van der Waals surface area contributed by atoms with Crippen LogP contribution >= 0.6 is 11.8 Å². The Balaban J connectivity index is 1.64. The molecular weight excluding hydrogens is 366 g/mol. The maximum atomic E-state index is 12.4. The molecule has 4 nitrogen and oxygen atoms in total. The summed E-state index contributed by atoms with van der Waals surface area (Å²) in [5, 5.41) is 12.4. The Bertz CT molecular complexity index is 990. The monoisotopic (exact) mass is 391 g/mol. The highest BCUT2D eigenvalue weighted by Crippen LogP contribution is 2.25. The van der Waals surface area contributed by atoms with Gasteiger partial charge >= 0.3 is 0 Å². The lowest BCUT2D eigenvalue weighted by atomic mass is 10.0. The minimum Gasteiger partial charge on any atom is -0.325 e. The predicted octanol–water partition coefficient (Wildman–Crippen LogP) is 5.42. The second-order valence-corrected chi connectivity index (χ2v) is 8.18. The quantitative estimate of drug-likeness (QED) is 0.590. The van der Waals surface area contributed by atoms with E-state index in [-0.39, 0.29) is 5.91 Å². The van der Waals surface area contributed by atoms with E-state index in [0.29, 0.717) is 5.75 Å². The number of aromatic nitrogens is 2. The molecule has 0 saturated carbocycles. The molecule has 1 heterocycles. The van der Waals surface area contributed by atoms with Gasteiger partial charge in [-0.15, -0.1) is 10.2 Å². The van der Waals surface area contributed by atoms with E-state index in [1.807, 2.05) is 26.0 Å². The van der Waals surface area contributed by atoms with Gasteiger partial charge in [-0.05, 0) is 69.5 Å². The van der Waals surface area contributed by atoms with Crippen LogP contribution in [0.5, 0.6) is 0 Å². The number of amides is 1. The van der Waals surface area contributed by atoms with E-state index >= 15 is 0 Å². The Labute approximate surface area is 170 Å². The Hall–Kier alpha value is -2.66. The van der Waals surface area contributed by atoms with Crippen LogP contribution < -0.4 is 5.32 Å². The van der Waals surface area contributed by atoms with E-state index in [1.165, 1.54) is 28.5 Å². The molecule has 28 heavy (non-hydrogen) atoms. The third kappa shape index (κ3) is 4.78. The van der Waals surface area contributed by atoms with Crippen LogP contribution in [0.2, 0.25) is 0 Å². The fourth-order valence-electron chi connectivity index (χ4n) is 3.24. The van der Waals surface area contributed by atoms with Crippen molar-refractivity contribution in [2.75, 3.05) is 11.1 Å². The molecule has 0 atom stereocenters. The van der Waals surface area contributed by atoms with Gasteiger partial charge in [0.15, 0.2) is 0 Å². The van der Waals surface area contributed by atoms with Gasteiger partial charge in [0.1, 0.15) is 5.03 Å². The topological polar surface area (TPSA) is 54.9 Å². The second-order valence-electron chi connectivity index (χ2n) is 7.19. The van der Waals surface area contributed by atoms with Crippen molar-refractivity contribution in [2.45, 2.75) is 39.6 Å². The Morgan fingerprint density at radius 3 is 2.21 bits per heavy atom. The van der Waals surface area contributed by atoms with Gasteiger partial charge < -0.3 is 5.32 Å². The van der Waals surface area contributed by atoms with Crippen LogP contribution in [0.3, 0.4) is 0 Å². The minimum atomic E-state index is -0.0412. The molecule has 3 aromatic rings. The Morgan fingerprint density at radius 1 is 0.857 bits per heavy atom. The number of rotatable bonds is 5. The van der Waals surface area contributed by atoms with Crippen molar-refractivity contribution in [1.29, 1.82) is 0 Å². The Kier molecular flexibility index (Phi) is 6.15. The van der Waals surface area contributed by atoms with Crippen molar-refractivity contribution < 1.29 is 4.79 Å². The van der Waals surface area contributed by atoms with Gasteiger partial charge in [-0.3, -0.25) is 4.79 Å². The van der Waals surface area contributed by atoms with E-state index in [9.17, 15) is 4.79 Å². The zero-order valence-corrected chi connectivity index (χ0v) is 17.8. The summed E-state index contributed by atoms with van der Waals surface area (Å²) in [5.74, 6) is 0.255. The number of carbonyl (C=O) groups is 1. The molecule has 1 N–H and O–H groups in total. The molecule has 0 fully saturated rings. The number of nitrogens with one attached hydrogen (secondary N) is 1. The van der Waals surface area contributed by atoms with Crippen molar-refractivity contribution in [3.63, 3.8) is 0 Å². The highest BCUT2D eigenvalue weighted by atomic mass is 32.2. The molecule has 0 radical (unpaired) electrons. The van der Waals surface area contributed by atoms with Gasteiger partial charge in [-0.2, -0.15) is 0 Å². The summed E-state index contributed by atoms with van der Waals surface area (Å²) in [7, 11) is 0. The maximum absolute atomic E-state index is 12.4. The molecule has 1 amide bonds. The lowest BCUT2D eigenvalue weighted by Gasteiger charge is -2.12. The molecule has 5 heteroatoms. The smallest absolute Gasteiger partial charge is 0.234 e. The van der Waals surface area contributed by atoms with Crippen molar-refractivity contribution in [3.05, 3.63) is 70.3 Å². The normalized spacial score (nSPS) is 10.8. The largest absolute Gasteiger partial charge is 0.325 e. The first kappa shape index (κ1) is 20.1. The number of aryl methyl sites for hydroxylation is 5. The van der Waals surface area contributed by atoms with Crippen LogP contribution in [-0.4, -0.2) is 21.9 Å². The molecule has 0 unspecified atom stereocenters. The molecule has 0 aliphatic carbocycles. The summed E-state index contributed by atoms with van der Waals surface area (Å²) in [6.45, 7) is 10.2. The standard InChI is InChI=1S/C23H25N3OS/c1-14-6-7-16(3)19(12-14)20-8-9-22(26-25-20)28-13-21(27)24-23-17(4)10-15(2)11-18(23)5/h6-12H,13H2,1-5H3,(H,24,27). The van der Waals surface area contributed by atoms with E-state index in [4.69, 9.17) is 0 Å². The highest BCUT2D eigenvalue weighted by molar-refractivity contribution is 7.99. The molecule has 0 aliphatic rings. The zero-order chi connectivity index (χ0) is 20.3. The third-order valence-corrected chi connectivity index (χ3v) is 5.52. The van der Waals surface area contributed by atoms with Crippen LogP contribution in [0.1, 0.15) is 27.8 Å². The minimum absolute atomic E-state index is 0.0412.